The molecule has 0 aromatic rings. The molecule has 5 heteroatoms. The van der Waals surface area contributed by atoms with Crippen molar-refractivity contribution in [3.05, 3.63) is 0 Å². The second kappa shape index (κ2) is 3.59. The van der Waals surface area contributed by atoms with E-state index >= 15 is 0 Å². The minimum Gasteiger partial charge on any atom is -0.273 e. The molecule has 1 unspecified atom stereocenters. The van der Waals surface area contributed by atoms with Gasteiger partial charge in [-0.25, -0.2) is 0 Å². The van der Waals surface area contributed by atoms with Gasteiger partial charge >= 0.3 is 0 Å². The molecule has 0 radical (unpaired) electrons. The summed E-state index contributed by atoms with van der Waals surface area (Å²) in [6.07, 6.45) is 0. The zero-order valence-electron chi connectivity index (χ0n) is 6.61. The number of nitriles is 1. The van der Waals surface area contributed by atoms with Crippen molar-refractivity contribution in [1.82, 2.24) is 4.90 Å². The molecule has 1 rings (SSSR count). The lowest BCUT2D eigenvalue weighted by molar-refractivity contribution is -0.143. The Balaban J connectivity index is 2.78. The summed E-state index contributed by atoms with van der Waals surface area (Å²) in [7, 11) is 0. The van der Waals surface area contributed by atoms with E-state index in [4.69, 9.17) is 5.26 Å². The van der Waals surface area contributed by atoms with Gasteiger partial charge in [-0.1, -0.05) is 0 Å². The molecule has 1 aliphatic rings. The highest BCUT2D eigenvalue weighted by atomic mass is 32.2. The van der Waals surface area contributed by atoms with Crippen LogP contribution >= 0.6 is 11.8 Å². The Morgan fingerprint density at radius 3 is 2.42 bits per heavy atom. The van der Waals surface area contributed by atoms with Gasteiger partial charge in [0.25, 0.3) is 0 Å². The van der Waals surface area contributed by atoms with Crippen LogP contribution in [0.2, 0.25) is 0 Å². The van der Waals surface area contributed by atoms with Crippen LogP contribution in [0, 0.1) is 11.3 Å². The fraction of sp³-hybridized carbons (Fsp3) is 0.571. The predicted octanol–water partition coefficient (Wildman–Crippen LogP) is 0.000480. The molecule has 0 N–H and O–H groups in total. The fourth-order valence-corrected chi connectivity index (χ4v) is 1.72. The van der Waals surface area contributed by atoms with Crippen molar-refractivity contribution in [1.29, 1.82) is 5.26 Å². The third-order valence-corrected chi connectivity index (χ3v) is 2.46. The van der Waals surface area contributed by atoms with Crippen LogP contribution in [0.5, 0.6) is 0 Å². The number of carbonyl (C=O) groups is 2. The van der Waals surface area contributed by atoms with E-state index in [1.54, 1.807) is 6.92 Å². The summed E-state index contributed by atoms with van der Waals surface area (Å²) in [5, 5.41) is 8.52. The van der Waals surface area contributed by atoms with E-state index in [0.717, 1.165) is 4.90 Å². The van der Waals surface area contributed by atoms with Crippen LogP contribution in [0.1, 0.15) is 6.92 Å². The summed E-state index contributed by atoms with van der Waals surface area (Å²) in [6.45, 7) is 1.55. The zero-order chi connectivity index (χ0) is 9.14. The third kappa shape index (κ3) is 1.59. The normalized spacial score (nSPS) is 20.5. The van der Waals surface area contributed by atoms with Gasteiger partial charge in [-0.3, -0.25) is 14.5 Å². The first-order valence-corrected chi connectivity index (χ1v) is 4.64. The van der Waals surface area contributed by atoms with Gasteiger partial charge in [-0.05, 0) is 6.92 Å². The lowest BCUT2D eigenvalue weighted by atomic mass is 10.3. The topological polar surface area (TPSA) is 61.2 Å². The van der Waals surface area contributed by atoms with Crippen LogP contribution in [0.3, 0.4) is 0 Å². The molecule has 64 valence electrons. The lowest BCUT2D eigenvalue weighted by Crippen LogP contribution is -2.47. The quantitative estimate of drug-likeness (QED) is 0.538. The molecule has 1 saturated heterocycles. The van der Waals surface area contributed by atoms with Crippen molar-refractivity contribution in [3.63, 3.8) is 0 Å². The summed E-state index contributed by atoms with van der Waals surface area (Å²) < 4.78 is 0. The van der Waals surface area contributed by atoms with Gasteiger partial charge in [0.1, 0.15) is 6.04 Å². The van der Waals surface area contributed by atoms with E-state index in [1.807, 2.05) is 6.07 Å². The van der Waals surface area contributed by atoms with E-state index in [9.17, 15) is 9.59 Å². The highest BCUT2D eigenvalue weighted by Gasteiger charge is 2.30. The van der Waals surface area contributed by atoms with Crippen molar-refractivity contribution in [2.75, 3.05) is 11.5 Å². The van der Waals surface area contributed by atoms with Crippen LogP contribution in [-0.4, -0.2) is 34.3 Å². The maximum atomic E-state index is 11.1. The van der Waals surface area contributed by atoms with Crippen molar-refractivity contribution in [3.8, 4) is 6.07 Å². The summed E-state index contributed by atoms with van der Waals surface area (Å²) in [5.41, 5.74) is 0. The number of hydrogen-bond donors (Lipinski definition) is 0. The monoisotopic (exact) mass is 184 g/mol. The Kier molecular flexibility index (Phi) is 2.71. The standard InChI is InChI=1S/C7H8N2O2S/c1-5(2-8)9-6(10)3-12-4-7(9)11/h5H,3-4H2,1H3. The maximum absolute atomic E-state index is 11.1. The first kappa shape index (κ1) is 9.07. The summed E-state index contributed by atoms with van der Waals surface area (Å²) in [5.74, 6) is 0.0887. The van der Waals surface area contributed by atoms with Gasteiger partial charge in [0.05, 0.1) is 17.6 Å². The first-order chi connectivity index (χ1) is 5.66. The molecule has 0 aliphatic carbocycles. The molecule has 1 atom stereocenters. The minimum absolute atomic E-state index is 0.259. The lowest BCUT2D eigenvalue weighted by Gasteiger charge is -2.26. The molecule has 0 aromatic heterocycles. The number of rotatable bonds is 1. The van der Waals surface area contributed by atoms with Gasteiger partial charge in [0.2, 0.25) is 11.8 Å². The van der Waals surface area contributed by atoms with E-state index < -0.39 is 6.04 Å². The van der Waals surface area contributed by atoms with Crippen LogP contribution in [0.15, 0.2) is 0 Å². The van der Waals surface area contributed by atoms with Gasteiger partial charge < -0.3 is 0 Å². The fourth-order valence-electron chi connectivity index (χ4n) is 0.994. The van der Waals surface area contributed by atoms with Gasteiger partial charge in [0, 0.05) is 0 Å². The summed E-state index contributed by atoms with van der Waals surface area (Å²) in [4.78, 5) is 23.3. The number of imide groups is 1. The average Bonchev–Trinajstić information content (AvgIpc) is 2.03. The Labute approximate surface area is 74.5 Å². The number of hydrogen-bond acceptors (Lipinski definition) is 4. The summed E-state index contributed by atoms with van der Waals surface area (Å²) >= 11 is 1.29. The maximum Gasteiger partial charge on any atom is 0.240 e. The predicted molar refractivity (Wildman–Crippen MR) is 44.3 cm³/mol. The van der Waals surface area contributed by atoms with Gasteiger partial charge in [-0.2, -0.15) is 5.26 Å². The van der Waals surface area contributed by atoms with Crippen LogP contribution in [0.4, 0.5) is 0 Å². The molecule has 0 spiro atoms. The van der Waals surface area contributed by atoms with E-state index in [0.29, 0.717) is 11.5 Å². The Morgan fingerprint density at radius 1 is 1.50 bits per heavy atom. The molecule has 1 fully saturated rings. The van der Waals surface area contributed by atoms with Gasteiger partial charge in [0.15, 0.2) is 0 Å². The molecule has 0 saturated carbocycles. The van der Waals surface area contributed by atoms with Crippen LogP contribution in [-0.2, 0) is 9.59 Å². The van der Waals surface area contributed by atoms with Crippen LogP contribution in [0.25, 0.3) is 0 Å². The molecule has 4 nitrogen and oxygen atoms in total. The number of nitrogens with zero attached hydrogens (tertiary/aromatic N) is 2. The average molecular weight is 184 g/mol. The Bertz CT molecular complexity index is 243. The number of amides is 2. The van der Waals surface area contributed by atoms with Crippen LogP contribution < -0.4 is 0 Å². The van der Waals surface area contributed by atoms with Crippen molar-refractivity contribution < 1.29 is 9.59 Å². The smallest absolute Gasteiger partial charge is 0.240 e. The molecule has 0 bridgehead atoms. The van der Waals surface area contributed by atoms with Crippen molar-refractivity contribution in [2.45, 2.75) is 13.0 Å². The van der Waals surface area contributed by atoms with Gasteiger partial charge in [-0.15, -0.1) is 11.8 Å². The second-order valence-electron chi connectivity index (χ2n) is 2.46. The Morgan fingerprint density at radius 2 is 2.00 bits per heavy atom. The number of carbonyl (C=O) groups excluding carboxylic acids is 2. The molecule has 0 aromatic carbocycles. The first-order valence-electron chi connectivity index (χ1n) is 3.49. The van der Waals surface area contributed by atoms with E-state index in [1.165, 1.54) is 11.8 Å². The highest BCUT2D eigenvalue weighted by molar-refractivity contribution is 8.00. The van der Waals surface area contributed by atoms with E-state index in [-0.39, 0.29) is 11.8 Å². The molecule has 1 heterocycles. The molecule has 2 amide bonds. The largest absolute Gasteiger partial charge is 0.273 e. The molecular weight excluding hydrogens is 176 g/mol. The van der Waals surface area contributed by atoms with Crippen molar-refractivity contribution >= 4 is 23.6 Å². The Hall–Kier alpha value is -1.02. The highest BCUT2D eigenvalue weighted by Crippen LogP contribution is 2.14. The summed E-state index contributed by atoms with van der Waals surface area (Å²) in [6, 6.07) is 1.24. The zero-order valence-corrected chi connectivity index (χ0v) is 7.43. The number of thioether (sulfide) groups is 1. The molecule has 12 heavy (non-hydrogen) atoms. The SMILES string of the molecule is CC(C#N)N1C(=O)CSCC1=O. The second-order valence-corrected chi connectivity index (χ2v) is 3.44. The minimum atomic E-state index is -0.633. The van der Waals surface area contributed by atoms with Crippen molar-refractivity contribution in [2.24, 2.45) is 0 Å². The van der Waals surface area contributed by atoms with E-state index in [2.05, 4.69) is 0 Å². The molecule has 1 aliphatic heterocycles. The molecular formula is C7H8N2O2S. The third-order valence-electron chi connectivity index (χ3n) is 1.56.